The molecule has 0 spiro atoms. The van der Waals surface area contributed by atoms with E-state index in [0.717, 1.165) is 18.4 Å². The summed E-state index contributed by atoms with van der Waals surface area (Å²) in [5.74, 6) is 0.976. The smallest absolute Gasteiger partial charge is 0.123 e. The van der Waals surface area contributed by atoms with Crippen molar-refractivity contribution in [2.45, 2.75) is 50.7 Å². The van der Waals surface area contributed by atoms with E-state index in [4.69, 9.17) is 10.5 Å². The lowest BCUT2D eigenvalue weighted by Gasteiger charge is -2.32. The molecule has 0 aliphatic heterocycles. The molecule has 4 nitrogen and oxygen atoms in total. The van der Waals surface area contributed by atoms with Crippen LogP contribution < -0.4 is 5.73 Å². The van der Waals surface area contributed by atoms with Crippen LogP contribution in [0.4, 0.5) is 5.82 Å². The normalized spacial score (nSPS) is 20.1. The van der Waals surface area contributed by atoms with Crippen LogP contribution in [0.15, 0.2) is 18.3 Å². The minimum atomic E-state index is -0.477. The maximum Gasteiger partial charge on any atom is 0.123 e. The Morgan fingerprint density at radius 1 is 1.42 bits per heavy atom. The maximum atomic E-state index is 10.4. The third-order valence-corrected chi connectivity index (χ3v) is 4.06. The number of aromatic nitrogens is 1. The second kappa shape index (κ2) is 6.87. The number of pyridine rings is 1. The third kappa shape index (κ3) is 3.91. The van der Waals surface area contributed by atoms with Gasteiger partial charge in [-0.05, 0) is 36.5 Å². The van der Waals surface area contributed by atoms with Crippen molar-refractivity contribution >= 4 is 5.82 Å². The fourth-order valence-corrected chi connectivity index (χ4v) is 3.11. The Hall–Kier alpha value is -1.13. The van der Waals surface area contributed by atoms with Gasteiger partial charge in [0.05, 0.1) is 12.2 Å². The van der Waals surface area contributed by atoms with Gasteiger partial charge in [0, 0.05) is 19.7 Å². The zero-order chi connectivity index (χ0) is 13.7. The lowest BCUT2D eigenvalue weighted by atomic mass is 9.82. The Labute approximate surface area is 115 Å². The molecule has 1 aromatic rings. The van der Waals surface area contributed by atoms with Crippen LogP contribution in [0.25, 0.3) is 0 Å². The van der Waals surface area contributed by atoms with E-state index in [0.29, 0.717) is 18.2 Å². The highest BCUT2D eigenvalue weighted by Gasteiger charge is 2.29. The Morgan fingerprint density at radius 2 is 2.16 bits per heavy atom. The highest BCUT2D eigenvalue weighted by atomic mass is 16.5. The lowest BCUT2D eigenvalue weighted by molar-refractivity contribution is -0.0535. The van der Waals surface area contributed by atoms with Crippen molar-refractivity contribution in [1.29, 1.82) is 0 Å². The number of hydrogen-bond donors (Lipinski definition) is 2. The first-order valence-electron chi connectivity index (χ1n) is 7.12. The van der Waals surface area contributed by atoms with E-state index in [1.54, 1.807) is 13.3 Å². The molecule has 0 amide bonds. The minimum absolute atomic E-state index is 0.0744. The van der Waals surface area contributed by atoms with Crippen LogP contribution in [-0.2, 0) is 11.2 Å². The van der Waals surface area contributed by atoms with Crippen LogP contribution in [-0.4, -0.2) is 29.4 Å². The number of rotatable bonds is 5. The summed E-state index contributed by atoms with van der Waals surface area (Å²) in [6.07, 6.45) is 7.83. The van der Waals surface area contributed by atoms with E-state index in [2.05, 4.69) is 4.98 Å². The fraction of sp³-hybridized carbons (Fsp3) is 0.667. The first-order chi connectivity index (χ1) is 9.20. The van der Waals surface area contributed by atoms with Crippen LogP contribution in [0.5, 0.6) is 0 Å². The van der Waals surface area contributed by atoms with Gasteiger partial charge >= 0.3 is 0 Å². The number of methoxy groups -OCH3 is 1. The molecule has 1 fully saturated rings. The lowest BCUT2D eigenvalue weighted by Crippen LogP contribution is -2.37. The number of nitrogens with zero attached hydrogens (tertiary/aromatic N) is 1. The molecule has 2 unspecified atom stereocenters. The van der Waals surface area contributed by atoms with Gasteiger partial charge in [-0.15, -0.1) is 0 Å². The molecule has 1 heterocycles. The average molecular weight is 264 g/mol. The van der Waals surface area contributed by atoms with Gasteiger partial charge in [-0.1, -0.05) is 19.3 Å². The highest BCUT2D eigenvalue weighted by molar-refractivity contribution is 5.32. The molecule has 1 aliphatic carbocycles. The summed E-state index contributed by atoms with van der Waals surface area (Å²) in [6.45, 7) is 0. The molecule has 0 saturated heterocycles. The zero-order valence-electron chi connectivity index (χ0n) is 11.6. The Morgan fingerprint density at radius 3 is 2.79 bits per heavy atom. The van der Waals surface area contributed by atoms with Crippen LogP contribution in [0, 0.1) is 5.92 Å². The molecule has 3 N–H and O–H groups in total. The topological polar surface area (TPSA) is 68.4 Å². The van der Waals surface area contributed by atoms with Crippen molar-refractivity contribution in [3.63, 3.8) is 0 Å². The predicted octanol–water partition coefficient (Wildman–Crippen LogP) is 2.16. The summed E-state index contributed by atoms with van der Waals surface area (Å²) in [5, 5.41) is 10.4. The molecule has 1 aromatic heterocycles. The van der Waals surface area contributed by atoms with Crippen LogP contribution in [0.3, 0.4) is 0 Å². The average Bonchev–Trinajstić information content (AvgIpc) is 2.41. The van der Waals surface area contributed by atoms with E-state index in [1.807, 2.05) is 12.1 Å². The summed E-state index contributed by atoms with van der Waals surface area (Å²) < 4.78 is 5.56. The van der Waals surface area contributed by atoms with Crippen molar-refractivity contribution in [3.8, 4) is 0 Å². The van der Waals surface area contributed by atoms with Gasteiger partial charge in [-0.2, -0.15) is 0 Å². The first kappa shape index (κ1) is 14.3. The molecule has 2 atom stereocenters. The van der Waals surface area contributed by atoms with Crippen molar-refractivity contribution in [2.24, 2.45) is 5.92 Å². The molecule has 19 heavy (non-hydrogen) atoms. The van der Waals surface area contributed by atoms with E-state index >= 15 is 0 Å². The number of aliphatic hydroxyl groups is 1. The molecule has 0 bridgehead atoms. The molecule has 0 aromatic carbocycles. The van der Waals surface area contributed by atoms with E-state index < -0.39 is 6.10 Å². The van der Waals surface area contributed by atoms with Crippen LogP contribution in [0.1, 0.15) is 37.7 Å². The van der Waals surface area contributed by atoms with Gasteiger partial charge in [-0.3, -0.25) is 0 Å². The molecular weight excluding hydrogens is 240 g/mol. The summed E-state index contributed by atoms with van der Waals surface area (Å²) >= 11 is 0. The highest BCUT2D eigenvalue weighted by Crippen LogP contribution is 2.30. The van der Waals surface area contributed by atoms with Crippen LogP contribution >= 0.6 is 0 Å². The Balaban J connectivity index is 1.97. The minimum Gasteiger partial charge on any atom is -0.390 e. The van der Waals surface area contributed by atoms with Gasteiger partial charge in [0.1, 0.15) is 5.82 Å². The molecule has 106 valence electrons. The van der Waals surface area contributed by atoms with E-state index in [9.17, 15) is 5.11 Å². The number of anilines is 1. The quantitative estimate of drug-likeness (QED) is 0.855. The van der Waals surface area contributed by atoms with Gasteiger partial charge in [-0.25, -0.2) is 4.98 Å². The van der Waals surface area contributed by atoms with Crippen molar-refractivity contribution in [2.75, 3.05) is 12.8 Å². The Bertz CT molecular complexity index is 391. The number of nitrogens with two attached hydrogens (primary N) is 1. The number of aliphatic hydroxyl groups excluding tert-OH is 1. The van der Waals surface area contributed by atoms with Gasteiger partial charge < -0.3 is 15.6 Å². The molecule has 2 rings (SSSR count). The second-order valence-corrected chi connectivity index (χ2v) is 5.46. The van der Waals surface area contributed by atoms with E-state index in [1.165, 1.54) is 19.3 Å². The molecular formula is C15H24N2O2. The molecule has 1 aliphatic rings. The van der Waals surface area contributed by atoms with Crippen molar-refractivity contribution in [1.82, 2.24) is 4.98 Å². The van der Waals surface area contributed by atoms with Crippen molar-refractivity contribution in [3.05, 3.63) is 23.9 Å². The van der Waals surface area contributed by atoms with Crippen molar-refractivity contribution < 1.29 is 9.84 Å². The molecule has 1 saturated carbocycles. The third-order valence-electron chi connectivity index (χ3n) is 4.06. The standard InChI is InChI=1S/C15H24N2O2/c1-19-15(12-5-3-2-4-6-12)13(18)9-11-7-8-17-14(16)10-11/h7-8,10,12-13,15,18H,2-6,9H2,1H3,(H2,16,17). The predicted molar refractivity (Wildman–Crippen MR) is 75.7 cm³/mol. The Kier molecular flexibility index (Phi) is 5.16. The van der Waals surface area contributed by atoms with E-state index in [-0.39, 0.29) is 6.10 Å². The van der Waals surface area contributed by atoms with Crippen LogP contribution in [0.2, 0.25) is 0 Å². The number of nitrogen functional groups attached to an aromatic ring is 1. The van der Waals surface area contributed by atoms with Gasteiger partial charge in [0.2, 0.25) is 0 Å². The summed E-state index contributed by atoms with van der Waals surface area (Å²) in [5.41, 5.74) is 6.67. The maximum absolute atomic E-state index is 10.4. The first-order valence-corrected chi connectivity index (χ1v) is 7.12. The number of hydrogen-bond acceptors (Lipinski definition) is 4. The second-order valence-electron chi connectivity index (χ2n) is 5.46. The summed E-state index contributed by atoms with van der Waals surface area (Å²) in [6, 6.07) is 3.71. The monoisotopic (exact) mass is 264 g/mol. The number of ether oxygens (including phenoxy) is 1. The SMILES string of the molecule is COC(C(O)Cc1ccnc(N)c1)C1CCCCC1. The summed E-state index contributed by atoms with van der Waals surface area (Å²) in [7, 11) is 1.70. The van der Waals surface area contributed by atoms with Gasteiger partial charge in [0.25, 0.3) is 0 Å². The largest absolute Gasteiger partial charge is 0.390 e. The van der Waals surface area contributed by atoms with Gasteiger partial charge in [0.15, 0.2) is 0 Å². The summed E-state index contributed by atoms with van der Waals surface area (Å²) in [4.78, 5) is 3.97. The molecule has 0 radical (unpaired) electrons. The fourth-order valence-electron chi connectivity index (χ4n) is 3.11. The molecule has 4 heteroatoms. The zero-order valence-corrected chi connectivity index (χ0v) is 11.6.